The van der Waals surface area contributed by atoms with E-state index >= 15 is 0 Å². The Bertz CT molecular complexity index is 169. The molecular formula is C9H16O4. The molecule has 0 bridgehead atoms. The van der Waals surface area contributed by atoms with Gasteiger partial charge in [0.2, 0.25) is 0 Å². The second kappa shape index (κ2) is 5.21. The van der Waals surface area contributed by atoms with Gasteiger partial charge < -0.3 is 18.9 Å². The summed E-state index contributed by atoms with van der Waals surface area (Å²) in [6.45, 7) is 0.503. The Balaban J connectivity index is 2.59. The normalized spacial score (nSPS) is 33.0. The average molecular weight is 188 g/mol. The van der Waals surface area contributed by atoms with Crippen LogP contribution in [0.1, 0.15) is 0 Å². The summed E-state index contributed by atoms with van der Waals surface area (Å²) in [5, 5.41) is 0. The SMILES string of the molecule is COC[C@@H]1OC=C[C@@H](OC)[C@@H]1OC. The Kier molecular flexibility index (Phi) is 4.21. The summed E-state index contributed by atoms with van der Waals surface area (Å²) in [7, 11) is 4.92. The minimum Gasteiger partial charge on any atom is -0.493 e. The van der Waals surface area contributed by atoms with Gasteiger partial charge in [0.15, 0.2) is 0 Å². The van der Waals surface area contributed by atoms with E-state index in [0.29, 0.717) is 6.61 Å². The number of methoxy groups -OCH3 is 3. The summed E-state index contributed by atoms with van der Waals surface area (Å²) in [6.07, 6.45) is 3.21. The van der Waals surface area contributed by atoms with Crippen molar-refractivity contribution < 1.29 is 18.9 Å². The van der Waals surface area contributed by atoms with Crippen LogP contribution in [0.4, 0.5) is 0 Å². The van der Waals surface area contributed by atoms with Gasteiger partial charge in [0.25, 0.3) is 0 Å². The average Bonchev–Trinajstić information content (AvgIpc) is 2.18. The van der Waals surface area contributed by atoms with Crippen LogP contribution in [0.15, 0.2) is 12.3 Å². The number of ether oxygens (including phenoxy) is 4. The number of rotatable bonds is 4. The van der Waals surface area contributed by atoms with Crippen LogP contribution in [-0.2, 0) is 18.9 Å². The first-order chi connectivity index (χ1) is 6.33. The second-order valence-electron chi connectivity index (χ2n) is 2.86. The standard InChI is InChI=1S/C9H16O4/c1-10-6-8-9(12-3)7(11-2)4-5-13-8/h4-5,7-9H,6H2,1-3H3/t7-,8+,9+/m1/s1. The molecule has 1 heterocycles. The van der Waals surface area contributed by atoms with Gasteiger partial charge >= 0.3 is 0 Å². The van der Waals surface area contributed by atoms with Crippen LogP contribution in [0.3, 0.4) is 0 Å². The van der Waals surface area contributed by atoms with Crippen LogP contribution in [0.25, 0.3) is 0 Å². The third-order valence-corrected chi connectivity index (χ3v) is 2.09. The molecule has 0 spiro atoms. The topological polar surface area (TPSA) is 36.9 Å². The molecule has 0 aromatic rings. The van der Waals surface area contributed by atoms with Crippen molar-refractivity contribution in [3.63, 3.8) is 0 Å². The largest absolute Gasteiger partial charge is 0.493 e. The second-order valence-corrected chi connectivity index (χ2v) is 2.86. The fraction of sp³-hybridized carbons (Fsp3) is 0.778. The molecule has 0 aromatic carbocycles. The fourth-order valence-corrected chi connectivity index (χ4v) is 1.42. The van der Waals surface area contributed by atoms with Crippen molar-refractivity contribution >= 4 is 0 Å². The molecule has 4 heteroatoms. The molecule has 0 saturated heterocycles. The Morgan fingerprint density at radius 2 is 2.00 bits per heavy atom. The molecule has 0 unspecified atom stereocenters. The Morgan fingerprint density at radius 1 is 1.23 bits per heavy atom. The molecule has 13 heavy (non-hydrogen) atoms. The Morgan fingerprint density at radius 3 is 2.54 bits per heavy atom. The quantitative estimate of drug-likeness (QED) is 0.646. The van der Waals surface area contributed by atoms with E-state index in [1.54, 1.807) is 27.6 Å². The highest BCUT2D eigenvalue weighted by Gasteiger charge is 2.32. The van der Waals surface area contributed by atoms with Gasteiger partial charge in [-0.1, -0.05) is 0 Å². The predicted octanol–water partition coefficient (Wildman–Crippen LogP) is 0.575. The van der Waals surface area contributed by atoms with Crippen LogP contribution in [0.2, 0.25) is 0 Å². The summed E-state index contributed by atoms with van der Waals surface area (Å²) >= 11 is 0. The molecule has 1 rings (SSSR count). The molecule has 76 valence electrons. The van der Waals surface area contributed by atoms with Gasteiger partial charge in [-0.2, -0.15) is 0 Å². The van der Waals surface area contributed by atoms with Crippen molar-refractivity contribution in [2.75, 3.05) is 27.9 Å². The zero-order valence-corrected chi connectivity index (χ0v) is 8.23. The summed E-state index contributed by atoms with van der Waals surface area (Å²) in [6, 6.07) is 0. The van der Waals surface area contributed by atoms with E-state index in [4.69, 9.17) is 18.9 Å². The molecular weight excluding hydrogens is 172 g/mol. The number of hydrogen-bond donors (Lipinski definition) is 0. The van der Waals surface area contributed by atoms with E-state index in [2.05, 4.69) is 0 Å². The third-order valence-electron chi connectivity index (χ3n) is 2.09. The minimum atomic E-state index is -0.102. The molecule has 0 radical (unpaired) electrons. The van der Waals surface area contributed by atoms with Crippen molar-refractivity contribution in [1.29, 1.82) is 0 Å². The van der Waals surface area contributed by atoms with E-state index in [1.165, 1.54) is 0 Å². The van der Waals surface area contributed by atoms with Crippen LogP contribution >= 0.6 is 0 Å². The van der Waals surface area contributed by atoms with Gasteiger partial charge in [0, 0.05) is 21.3 Å². The molecule has 3 atom stereocenters. The van der Waals surface area contributed by atoms with Crippen LogP contribution in [0, 0.1) is 0 Å². The van der Waals surface area contributed by atoms with Crippen LogP contribution < -0.4 is 0 Å². The van der Waals surface area contributed by atoms with Gasteiger partial charge in [-0.25, -0.2) is 0 Å². The van der Waals surface area contributed by atoms with Crippen molar-refractivity contribution in [1.82, 2.24) is 0 Å². The third kappa shape index (κ3) is 2.43. The van der Waals surface area contributed by atoms with E-state index < -0.39 is 0 Å². The summed E-state index contributed by atoms with van der Waals surface area (Å²) < 4.78 is 20.9. The van der Waals surface area contributed by atoms with Crippen molar-refractivity contribution in [2.45, 2.75) is 18.3 Å². The minimum absolute atomic E-state index is 0.0566. The Hall–Kier alpha value is -0.580. The first-order valence-corrected chi connectivity index (χ1v) is 4.20. The van der Waals surface area contributed by atoms with Gasteiger partial charge in [0.05, 0.1) is 12.9 Å². The van der Waals surface area contributed by atoms with E-state index in [1.807, 2.05) is 6.08 Å². The molecule has 0 N–H and O–H groups in total. The lowest BCUT2D eigenvalue weighted by atomic mass is 10.1. The van der Waals surface area contributed by atoms with Gasteiger partial charge in [-0.05, 0) is 6.08 Å². The molecule has 1 aliphatic rings. The van der Waals surface area contributed by atoms with Gasteiger partial charge in [-0.3, -0.25) is 0 Å². The molecule has 4 nitrogen and oxygen atoms in total. The fourth-order valence-electron chi connectivity index (χ4n) is 1.42. The predicted molar refractivity (Wildman–Crippen MR) is 47.5 cm³/mol. The summed E-state index contributed by atoms with van der Waals surface area (Å²) in [5.74, 6) is 0. The van der Waals surface area contributed by atoms with E-state index in [9.17, 15) is 0 Å². The zero-order chi connectivity index (χ0) is 9.68. The van der Waals surface area contributed by atoms with Crippen LogP contribution in [-0.4, -0.2) is 46.2 Å². The van der Waals surface area contributed by atoms with E-state index in [-0.39, 0.29) is 18.3 Å². The zero-order valence-electron chi connectivity index (χ0n) is 8.23. The molecule has 0 aromatic heterocycles. The highest BCUT2D eigenvalue weighted by atomic mass is 16.6. The smallest absolute Gasteiger partial charge is 0.150 e. The Labute approximate surface area is 78.4 Å². The molecule has 1 aliphatic heterocycles. The summed E-state index contributed by atoms with van der Waals surface area (Å²) in [5.41, 5.74) is 0. The van der Waals surface area contributed by atoms with Crippen molar-refractivity contribution in [3.05, 3.63) is 12.3 Å². The lowest BCUT2D eigenvalue weighted by Gasteiger charge is -2.32. The molecule has 0 saturated carbocycles. The van der Waals surface area contributed by atoms with Gasteiger partial charge in [-0.15, -0.1) is 0 Å². The lowest BCUT2D eigenvalue weighted by Crippen LogP contribution is -2.44. The van der Waals surface area contributed by atoms with Gasteiger partial charge in [0.1, 0.15) is 18.3 Å². The monoisotopic (exact) mass is 188 g/mol. The number of hydrogen-bond acceptors (Lipinski definition) is 4. The van der Waals surface area contributed by atoms with E-state index in [0.717, 1.165) is 0 Å². The maximum absolute atomic E-state index is 5.34. The van der Waals surface area contributed by atoms with Crippen LogP contribution in [0.5, 0.6) is 0 Å². The summed E-state index contributed by atoms with van der Waals surface area (Å²) in [4.78, 5) is 0. The molecule has 0 aliphatic carbocycles. The lowest BCUT2D eigenvalue weighted by molar-refractivity contribution is -0.113. The maximum Gasteiger partial charge on any atom is 0.150 e. The van der Waals surface area contributed by atoms with Crippen molar-refractivity contribution in [3.8, 4) is 0 Å². The molecule has 0 amide bonds. The van der Waals surface area contributed by atoms with Crippen molar-refractivity contribution in [2.24, 2.45) is 0 Å². The highest BCUT2D eigenvalue weighted by molar-refractivity contribution is 4.98. The first-order valence-electron chi connectivity index (χ1n) is 4.20. The first kappa shape index (κ1) is 10.5. The highest BCUT2D eigenvalue weighted by Crippen LogP contribution is 2.17. The molecule has 0 fully saturated rings. The maximum atomic E-state index is 5.34.